The molecule has 4 aromatic rings. The van der Waals surface area contributed by atoms with Crippen LogP contribution in [0.4, 0.5) is 0 Å². The van der Waals surface area contributed by atoms with Gasteiger partial charge in [0.25, 0.3) is 12.0 Å². The van der Waals surface area contributed by atoms with Gasteiger partial charge >= 0.3 is 5.69 Å². The molecule has 11 nitrogen and oxygen atoms in total. The maximum atomic E-state index is 13.3. The molecule has 0 amide bonds. The van der Waals surface area contributed by atoms with Gasteiger partial charge in [-0.2, -0.15) is 4.31 Å². The fourth-order valence-electron chi connectivity index (χ4n) is 4.28. The molecule has 0 spiro atoms. The molecular weight excluding hydrogens is 458 g/mol. The monoisotopic (exact) mass is 484 g/mol. The second kappa shape index (κ2) is 8.78. The highest BCUT2D eigenvalue weighted by molar-refractivity contribution is 7.88. The summed E-state index contributed by atoms with van der Waals surface area (Å²) in [4.78, 5) is 23.3. The largest absolute Gasteiger partial charge is 0.497 e. The minimum atomic E-state index is -3.18. The molecule has 178 valence electrons. The van der Waals surface area contributed by atoms with Crippen LogP contribution in [0.15, 0.2) is 47.5 Å². The lowest BCUT2D eigenvalue weighted by Gasteiger charge is -2.32. The second-order valence-corrected chi connectivity index (χ2v) is 10.4. The fourth-order valence-corrected chi connectivity index (χ4v) is 5.11. The SMILES string of the molecule is COc1ccc(Cn2c(=O)n3nc[nH+]c3c3ccc(CN4CCN(S(C)(=O)=O)CC4)nc32)cc1. The summed E-state index contributed by atoms with van der Waals surface area (Å²) in [6.07, 6.45) is 2.73. The van der Waals surface area contributed by atoms with Crippen molar-refractivity contribution in [2.24, 2.45) is 0 Å². The number of nitrogens with zero attached hydrogens (tertiary/aromatic N) is 6. The van der Waals surface area contributed by atoms with E-state index in [0.29, 0.717) is 50.6 Å². The third kappa shape index (κ3) is 4.27. The van der Waals surface area contributed by atoms with E-state index in [1.54, 1.807) is 11.7 Å². The predicted molar refractivity (Wildman–Crippen MR) is 125 cm³/mol. The number of aromatic nitrogens is 5. The molecule has 1 fully saturated rings. The standard InChI is InChI=1S/C22H25N7O4S/c1-33-18-6-3-16(4-7-18)13-28-21-19(20-23-15-24-29(20)22(28)30)8-5-17(25-21)14-26-9-11-27(12-10-26)34(2,31)32/h3-8,15H,9-14H2,1-2H3/p+1. The van der Waals surface area contributed by atoms with Crippen molar-refractivity contribution in [2.45, 2.75) is 13.1 Å². The molecule has 0 saturated carbocycles. The van der Waals surface area contributed by atoms with E-state index < -0.39 is 10.0 Å². The number of benzene rings is 1. The molecule has 0 bridgehead atoms. The quantitative estimate of drug-likeness (QED) is 0.378. The Labute approximate surface area is 196 Å². The van der Waals surface area contributed by atoms with Crippen molar-refractivity contribution >= 4 is 26.7 Å². The van der Waals surface area contributed by atoms with Crippen LogP contribution in [0.3, 0.4) is 0 Å². The van der Waals surface area contributed by atoms with E-state index in [1.807, 2.05) is 36.4 Å². The van der Waals surface area contributed by atoms with E-state index >= 15 is 0 Å². The maximum absolute atomic E-state index is 13.3. The van der Waals surface area contributed by atoms with Crippen molar-refractivity contribution in [1.82, 2.24) is 28.4 Å². The zero-order valence-electron chi connectivity index (χ0n) is 19.0. The lowest BCUT2D eigenvalue weighted by Crippen LogP contribution is -2.47. The second-order valence-electron chi connectivity index (χ2n) is 8.38. The number of H-pyrrole nitrogens is 1. The van der Waals surface area contributed by atoms with E-state index in [9.17, 15) is 13.2 Å². The minimum absolute atomic E-state index is 0.286. The maximum Gasteiger partial charge on any atom is 0.425 e. The number of nitrogens with one attached hydrogen (secondary N) is 1. The van der Waals surface area contributed by atoms with Crippen LogP contribution in [-0.2, 0) is 23.1 Å². The average Bonchev–Trinajstić information content (AvgIpc) is 3.32. The van der Waals surface area contributed by atoms with Gasteiger partial charge in [-0.05, 0) is 34.3 Å². The van der Waals surface area contributed by atoms with Gasteiger partial charge in [-0.3, -0.25) is 9.47 Å². The molecule has 4 heterocycles. The highest BCUT2D eigenvalue weighted by Crippen LogP contribution is 2.18. The number of sulfonamides is 1. The summed E-state index contributed by atoms with van der Waals surface area (Å²) < 4.78 is 33.3. The number of rotatable bonds is 6. The number of piperazine rings is 1. The Morgan fingerprint density at radius 2 is 1.76 bits per heavy atom. The molecule has 0 radical (unpaired) electrons. The summed E-state index contributed by atoms with van der Waals surface area (Å²) in [6.45, 7) is 3.07. The number of pyridine rings is 1. The van der Waals surface area contributed by atoms with Gasteiger partial charge in [0.1, 0.15) is 5.75 Å². The van der Waals surface area contributed by atoms with E-state index in [1.165, 1.54) is 21.4 Å². The summed E-state index contributed by atoms with van der Waals surface area (Å²) in [5.74, 6) is 0.745. The molecule has 1 saturated heterocycles. The first-order valence-corrected chi connectivity index (χ1v) is 12.8. The van der Waals surface area contributed by atoms with Crippen molar-refractivity contribution in [2.75, 3.05) is 39.5 Å². The molecule has 1 aliphatic rings. The molecule has 1 aromatic carbocycles. The molecule has 34 heavy (non-hydrogen) atoms. The highest BCUT2D eigenvalue weighted by atomic mass is 32.2. The summed E-state index contributed by atoms with van der Waals surface area (Å²) in [6, 6.07) is 11.4. The first-order valence-electron chi connectivity index (χ1n) is 10.9. The van der Waals surface area contributed by atoms with Gasteiger partial charge in [-0.1, -0.05) is 12.1 Å². The van der Waals surface area contributed by atoms with Crippen LogP contribution in [0.5, 0.6) is 5.75 Å². The van der Waals surface area contributed by atoms with Crippen LogP contribution < -0.4 is 15.4 Å². The average molecular weight is 485 g/mol. The van der Waals surface area contributed by atoms with Crippen LogP contribution in [0.2, 0.25) is 0 Å². The minimum Gasteiger partial charge on any atom is -0.497 e. The lowest BCUT2D eigenvalue weighted by molar-refractivity contribution is -0.345. The van der Waals surface area contributed by atoms with E-state index in [0.717, 1.165) is 22.4 Å². The molecule has 0 unspecified atom stereocenters. The van der Waals surface area contributed by atoms with Gasteiger partial charge in [0.05, 0.1) is 31.0 Å². The van der Waals surface area contributed by atoms with Gasteiger partial charge in [0.15, 0.2) is 5.65 Å². The van der Waals surface area contributed by atoms with Crippen molar-refractivity contribution in [3.05, 3.63) is 64.5 Å². The molecular formula is C22H26N7O4S+. The third-order valence-electron chi connectivity index (χ3n) is 6.13. The van der Waals surface area contributed by atoms with Crippen molar-refractivity contribution in [3.8, 4) is 5.75 Å². The van der Waals surface area contributed by atoms with Crippen LogP contribution >= 0.6 is 0 Å². The Morgan fingerprint density at radius 1 is 1.03 bits per heavy atom. The normalized spacial score (nSPS) is 15.8. The van der Waals surface area contributed by atoms with Gasteiger partial charge in [-0.25, -0.2) is 23.2 Å². The number of methoxy groups -OCH3 is 1. The lowest BCUT2D eigenvalue weighted by atomic mass is 10.2. The van der Waals surface area contributed by atoms with Gasteiger partial charge < -0.3 is 4.74 Å². The van der Waals surface area contributed by atoms with Crippen LogP contribution in [0.1, 0.15) is 11.3 Å². The summed E-state index contributed by atoms with van der Waals surface area (Å²) in [5.41, 5.74) is 2.62. The van der Waals surface area contributed by atoms with Crippen LogP contribution in [0.25, 0.3) is 16.7 Å². The summed E-state index contributed by atoms with van der Waals surface area (Å²) in [5, 5.41) is 4.95. The first-order chi connectivity index (χ1) is 16.3. The topological polar surface area (TPSA) is 116 Å². The Hall–Kier alpha value is -3.35. The Balaban J connectivity index is 1.49. The first kappa shape index (κ1) is 22.4. The van der Waals surface area contributed by atoms with E-state index in [4.69, 9.17) is 9.72 Å². The number of fused-ring (bicyclic) bond motifs is 3. The van der Waals surface area contributed by atoms with Crippen LogP contribution in [-0.4, -0.2) is 76.3 Å². The predicted octanol–water partition coefficient (Wildman–Crippen LogP) is -0.00760. The Bertz CT molecular complexity index is 1500. The molecule has 12 heteroatoms. The van der Waals surface area contributed by atoms with Gasteiger partial charge in [0.2, 0.25) is 10.0 Å². The molecule has 0 aliphatic carbocycles. The number of ether oxygens (including phenoxy) is 1. The fraction of sp³-hybridized carbons (Fsp3) is 0.364. The molecule has 5 rings (SSSR count). The number of hydrogen-bond acceptors (Lipinski definition) is 7. The smallest absolute Gasteiger partial charge is 0.425 e. The Morgan fingerprint density at radius 3 is 2.44 bits per heavy atom. The number of hydrogen-bond donors (Lipinski definition) is 0. The highest BCUT2D eigenvalue weighted by Gasteiger charge is 2.24. The zero-order valence-corrected chi connectivity index (χ0v) is 19.8. The van der Waals surface area contributed by atoms with Gasteiger partial charge in [0, 0.05) is 37.8 Å². The molecule has 1 N–H and O–H groups in total. The molecule has 0 atom stereocenters. The van der Waals surface area contributed by atoms with E-state index in [-0.39, 0.29) is 5.69 Å². The molecule has 3 aromatic heterocycles. The number of aromatic amines is 1. The third-order valence-corrected chi connectivity index (χ3v) is 7.43. The van der Waals surface area contributed by atoms with Crippen LogP contribution in [0, 0.1) is 0 Å². The van der Waals surface area contributed by atoms with Gasteiger partial charge in [-0.15, -0.1) is 0 Å². The Kier molecular flexibility index (Phi) is 5.80. The van der Waals surface area contributed by atoms with Crippen molar-refractivity contribution in [3.63, 3.8) is 0 Å². The summed E-state index contributed by atoms with van der Waals surface area (Å²) in [7, 11) is -1.56. The van der Waals surface area contributed by atoms with E-state index in [2.05, 4.69) is 15.0 Å². The summed E-state index contributed by atoms with van der Waals surface area (Å²) >= 11 is 0. The van der Waals surface area contributed by atoms with Crippen molar-refractivity contribution in [1.29, 1.82) is 0 Å². The molecule has 1 aliphatic heterocycles. The zero-order chi connectivity index (χ0) is 23.9. The van der Waals surface area contributed by atoms with Crippen molar-refractivity contribution < 1.29 is 18.1 Å².